The molecule has 1 aliphatic rings. The van der Waals surface area contributed by atoms with E-state index in [4.69, 9.17) is 72.7 Å². The summed E-state index contributed by atoms with van der Waals surface area (Å²) in [5.41, 5.74) is 2.48. The molecule has 0 radical (unpaired) electrons. The molecule has 1 fully saturated rings. The molecule has 83 heavy (non-hydrogen) atoms. The van der Waals surface area contributed by atoms with Gasteiger partial charge in [0.2, 0.25) is 0 Å². The summed E-state index contributed by atoms with van der Waals surface area (Å²) in [6, 6.07) is 45.2. The van der Waals surface area contributed by atoms with Gasteiger partial charge in [-0.25, -0.2) is 19.2 Å². The van der Waals surface area contributed by atoms with E-state index >= 15 is 0 Å². The molecule has 1 heterocycles. The van der Waals surface area contributed by atoms with Crippen LogP contribution < -0.4 is 19.5 Å². The van der Waals surface area contributed by atoms with Crippen molar-refractivity contribution < 1.29 is 61.9 Å². The summed E-state index contributed by atoms with van der Waals surface area (Å²) in [4.78, 5) is 64.8. The number of thiol groups is 1. The standard InChI is InChI=1S/C62H63Cl3N2O13S3/c1-41(2)58(69)73-32-30-66-60(71)79-53(38-82-56-26-14-47(64)15-27-56)35-76-50-20-8-44(9-21-50)62(5,43-6-18-49(19-7-43)75-34-52(78-40-68)37-81-55-24-12-46(63)13-25-55)45-10-22-51(23-11-45)77-36-54-39-83(57-28-16-48(65)17-29-57)67(61(72)80-54)31-33-74-59(70)42(3)4/h6-29,40,52-54,83H,1,3,30-39H2,2,4-5H3,(H,66,71). The molecule has 15 nitrogen and oxygen atoms in total. The first-order chi connectivity index (χ1) is 40.0. The van der Waals surface area contributed by atoms with Gasteiger partial charge in [-0.3, -0.25) is 9.10 Å². The first kappa shape index (κ1) is 63.6. The van der Waals surface area contributed by atoms with Crippen molar-refractivity contribution in [1.29, 1.82) is 0 Å². The number of thioether (sulfide) groups is 2. The van der Waals surface area contributed by atoms with Crippen LogP contribution in [0.2, 0.25) is 15.1 Å². The lowest BCUT2D eigenvalue weighted by Crippen LogP contribution is -2.44. The molecular weight excluding hydrogens is 1180 g/mol. The van der Waals surface area contributed by atoms with Gasteiger partial charge < -0.3 is 43.2 Å². The summed E-state index contributed by atoms with van der Waals surface area (Å²) in [5.74, 6) is 1.83. The lowest BCUT2D eigenvalue weighted by atomic mass is 9.71. The molecule has 2 amide bonds. The monoisotopic (exact) mass is 1240 g/mol. The first-order valence-corrected chi connectivity index (χ1v) is 30.7. The fourth-order valence-corrected chi connectivity index (χ4v) is 12.7. The number of nitrogens with one attached hydrogen (secondary N) is 1. The summed E-state index contributed by atoms with van der Waals surface area (Å²) in [7, 11) is 0. The van der Waals surface area contributed by atoms with Crippen molar-refractivity contribution in [3.8, 4) is 17.2 Å². The van der Waals surface area contributed by atoms with Gasteiger partial charge in [0, 0.05) is 63.6 Å². The number of ether oxygens (including phenoxy) is 8. The van der Waals surface area contributed by atoms with Gasteiger partial charge in [0.15, 0.2) is 0 Å². The third-order valence-electron chi connectivity index (χ3n) is 12.7. The second-order valence-electron chi connectivity index (χ2n) is 19.0. The van der Waals surface area contributed by atoms with Crippen molar-refractivity contribution in [2.45, 2.75) is 59.2 Å². The Morgan fingerprint density at radius 2 is 1.12 bits per heavy atom. The predicted molar refractivity (Wildman–Crippen MR) is 327 cm³/mol. The van der Waals surface area contributed by atoms with E-state index in [-0.39, 0.29) is 57.3 Å². The number of esters is 2. The molecule has 1 aliphatic heterocycles. The molecule has 0 aliphatic carbocycles. The minimum absolute atomic E-state index is 0.0187. The summed E-state index contributed by atoms with van der Waals surface area (Å²) < 4.78 is 47.9. The second kappa shape index (κ2) is 31.7. The number of cyclic esters (lactones) is 1. The highest BCUT2D eigenvalue weighted by molar-refractivity contribution is 8.15. The largest absolute Gasteiger partial charge is 0.490 e. The molecule has 0 spiro atoms. The number of rotatable bonds is 30. The number of benzene rings is 6. The molecule has 438 valence electrons. The summed E-state index contributed by atoms with van der Waals surface area (Å²) in [6.07, 6.45) is -3.05. The fourth-order valence-electron chi connectivity index (χ4n) is 8.23. The maximum Gasteiger partial charge on any atom is 0.419 e. The highest BCUT2D eigenvalue weighted by atomic mass is 35.5. The summed E-state index contributed by atoms with van der Waals surface area (Å²) in [6.45, 7) is 13.1. The molecule has 6 aromatic rings. The van der Waals surface area contributed by atoms with Crippen LogP contribution in [0.15, 0.2) is 185 Å². The molecule has 21 heteroatoms. The molecule has 1 N–H and O–H groups in total. The van der Waals surface area contributed by atoms with Gasteiger partial charge in [0.1, 0.15) is 68.6 Å². The highest BCUT2D eigenvalue weighted by Gasteiger charge is 2.36. The van der Waals surface area contributed by atoms with Crippen LogP contribution in [0.1, 0.15) is 37.5 Å². The normalized spacial score (nSPS) is 15.7. The summed E-state index contributed by atoms with van der Waals surface area (Å²) >= 11 is 20.2. The van der Waals surface area contributed by atoms with E-state index in [2.05, 4.69) is 25.4 Å². The van der Waals surface area contributed by atoms with Crippen molar-refractivity contribution in [1.82, 2.24) is 9.62 Å². The molecule has 5 unspecified atom stereocenters. The molecule has 0 saturated carbocycles. The van der Waals surface area contributed by atoms with Crippen LogP contribution in [0.3, 0.4) is 0 Å². The lowest BCUT2D eigenvalue weighted by Gasteiger charge is -2.41. The Hall–Kier alpha value is -6.93. The zero-order valence-corrected chi connectivity index (χ0v) is 50.6. The van der Waals surface area contributed by atoms with Crippen molar-refractivity contribution in [3.05, 3.63) is 202 Å². The average Bonchev–Trinajstić information content (AvgIpc) is 3.68. The van der Waals surface area contributed by atoms with Gasteiger partial charge in [-0.2, -0.15) is 0 Å². The number of carbonyl (C=O) groups is 5. The molecule has 5 atom stereocenters. The van der Waals surface area contributed by atoms with Gasteiger partial charge >= 0.3 is 24.1 Å². The predicted octanol–water partition coefficient (Wildman–Crippen LogP) is 13.4. The smallest absolute Gasteiger partial charge is 0.419 e. The van der Waals surface area contributed by atoms with E-state index in [1.807, 2.05) is 109 Å². The van der Waals surface area contributed by atoms with Crippen LogP contribution in [0, 0.1) is 0 Å². The Morgan fingerprint density at radius 3 is 1.60 bits per heavy atom. The number of halogens is 3. The average molecular weight is 1250 g/mol. The van der Waals surface area contributed by atoms with Crippen LogP contribution in [0.4, 0.5) is 9.59 Å². The Labute approximate surface area is 509 Å². The van der Waals surface area contributed by atoms with Gasteiger partial charge in [-0.1, -0.05) is 84.4 Å². The third-order valence-corrected chi connectivity index (χ3v) is 18.4. The maximum atomic E-state index is 13.6. The lowest BCUT2D eigenvalue weighted by molar-refractivity contribution is -0.139. The quantitative estimate of drug-likeness (QED) is 0.00636. The van der Waals surface area contributed by atoms with Crippen molar-refractivity contribution >= 4 is 100 Å². The molecular formula is C62H63Cl3N2O13S3. The molecule has 1 saturated heterocycles. The van der Waals surface area contributed by atoms with Gasteiger partial charge in [0.05, 0.1) is 13.1 Å². The summed E-state index contributed by atoms with van der Waals surface area (Å²) in [5, 5.41) is 4.41. The van der Waals surface area contributed by atoms with E-state index in [0.29, 0.717) is 56.0 Å². The SMILES string of the molecule is C=C(C)C(=O)OCCNC(=O)OC(COc1ccc(C(C)(c2ccc(OCC(CSc3ccc(Cl)cc3)OC=O)cc2)c2ccc(OCC3C[SH](c4ccc(Cl)cc4)N(CCOC(=O)C(=C)C)C(=O)O3)cc2)cc1)CSc1ccc(Cl)cc1. The van der Waals surface area contributed by atoms with Crippen LogP contribution in [-0.2, 0) is 43.5 Å². The van der Waals surface area contributed by atoms with Crippen molar-refractivity contribution in [2.24, 2.45) is 0 Å². The van der Waals surface area contributed by atoms with E-state index in [9.17, 15) is 24.0 Å². The third kappa shape index (κ3) is 19.3. The molecule has 7 rings (SSSR count). The number of carbonyl (C=O) groups excluding carboxylic acids is 5. The number of hydrogen-bond acceptors (Lipinski definition) is 15. The van der Waals surface area contributed by atoms with Gasteiger partial charge in [-0.15, -0.1) is 34.6 Å². The highest BCUT2D eigenvalue weighted by Crippen LogP contribution is 2.45. The van der Waals surface area contributed by atoms with Crippen LogP contribution in [0.5, 0.6) is 17.2 Å². The number of hydrogen-bond donors (Lipinski definition) is 2. The van der Waals surface area contributed by atoms with Gasteiger partial charge in [-0.05, 0) is 147 Å². The molecule has 6 aromatic carbocycles. The maximum absolute atomic E-state index is 13.6. The minimum Gasteiger partial charge on any atom is -0.490 e. The Kier molecular flexibility index (Phi) is 24.3. The van der Waals surface area contributed by atoms with Crippen molar-refractivity contribution in [2.75, 3.05) is 63.4 Å². The van der Waals surface area contributed by atoms with E-state index < -0.39 is 58.9 Å². The minimum atomic E-state index is -1.25. The zero-order valence-electron chi connectivity index (χ0n) is 45.8. The molecule has 0 bridgehead atoms. The fraction of sp³-hybridized carbons (Fsp3) is 0.274. The zero-order chi connectivity index (χ0) is 59.3. The number of alkyl carbamates (subject to hydrolysis) is 1. The van der Waals surface area contributed by atoms with Crippen molar-refractivity contribution in [3.63, 3.8) is 0 Å². The first-order valence-electron chi connectivity index (χ1n) is 26.1. The van der Waals surface area contributed by atoms with E-state index in [1.165, 1.54) is 30.4 Å². The van der Waals surface area contributed by atoms with E-state index in [0.717, 1.165) is 31.4 Å². The number of nitrogens with zero attached hydrogens (tertiary/aromatic N) is 1. The van der Waals surface area contributed by atoms with E-state index in [1.54, 1.807) is 47.6 Å². The van der Waals surface area contributed by atoms with Crippen LogP contribution in [-0.4, -0.2) is 117 Å². The Morgan fingerprint density at radius 1 is 0.675 bits per heavy atom. The van der Waals surface area contributed by atoms with Crippen LogP contribution >= 0.6 is 69.4 Å². The molecule has 0 aromatic heterocycles. The number of amides is 2. The Bertz CT molecular complexity index is 3090. The van der Waals surface area contributed by atoms with Crippen LogP contribution in [0.25, 0.3) is 0 Å². The van der Waals surface area contributed by atoms with Gasteiger partial charge in [0.25, 0.3) is 6.47 Å². The topological polar surface area (TPSA) is 174 Å². The Balaban J connectivity index is 1.08. The second-order valence-corrected chi connectivity index (χ2v) is 24.6.